The van der Waals surface area contributed by atoms with Gasteiger partial charge in [0.05, 0.1) is 0 Å². The Labute approximate surface area is 109 Å². The Balaban J connectivity index is 2.30. The van der Waals surface area contributed by atoms with E-state index in [9.17, 15) is 4.79 Å². The highest BCUT2D eigenvalue weighted by Crippen LogP contribution is 2.09. The van der Waals surface area contributed by atoms with Gasteiger partial charge in [0.1, 0.15) is 5.60 Å². The fraction of sp³-hybridized carbons (Fsp3) is 0.500. The van der Waals surface area contributed by atoms with Crippen LogP contribution < -0.4 is 10.6 Å². The monoisotopic (exact) mass is 250 g/mol. The van der Waals surface area contributed by atoms with Crippen molar-refractivity contribution in [2.45, 2.75) is 32.8 Å². The normalized spacial score (nSPS) is 10.9. The topological polar surface area (TPSA) is 50.4 Å². The van der Waals surface area contributed by atoms with E-state index >= 15 is 0 Å². The molecule has 0 fully saturated rings. The van der Waals surface area contributed by atoms with E-state index in [1.807, 2.05) is 52.1 Å². The molecule has 0 saturated carbocycles. The van der Waals surface area contributed by atoms with Gasteiger partial charge in [-0.3, -0.25) is 0 Å². The first-order valence-electron chi connectivity index (χ1n) is 6.14. The summed E-state index contributed by atoms with van der Waals surface area (Å²) in [4.78, 5) is 11.4. The van der Waals surface area contributed by atoms with Crippen molar-refractivity contribution in [1.29, 1.82) is 0 Å². The molecule has 18 heavy (non-hydrogen) atoms. The number of ether oxygens (including phenoxy) is 1. The Morgan fingerprint density at radius 2 is 1.83 bits per heavy atom. The van der Waals surface area contributed by atoms with Crippen molar-refractivity contribution < 1.29 is 9.53 Å². The van der Waals surface area contributed by atoms with Gasteiger partial charge in [0.15, 0.2) is 0 Å². The van der Waals surface area contributed by atoms with Crippen LogP contribution in [-0.4, -0.2) is 25.3 Å². The van der Waals surface area contributed by atoms with Gasteiger partial charge in [-0.2, -0.15) is 0 Å². The van der Waals surface area contributed by atoms with Crippen molar-refractivity contribution in [2.75, 3.05) is 18.9 Å². The summed E-state index contributed by atoms with van der Waals surface area (Å²) in [5.41, 5.74) is 1.82. The van der Waals surface area contributed by atoms with Crippen LogP contribution in [0.2, 0.25) is 0 Å². The molecule has 4 nitrogen and oxygen atoms in total. The Morgan fingerprint density at radius 3 is 2.33 bits per heavy atom. The van der Waals surface area contributed by atoms with Gasteiger partial charge in [-0.1, -0.05) is 12.1 Å². The molecule has 2 N–H and O–H groups in total. The lowest BCUT2D eigenvalue weighted by Gasteiger charge is -2.19. The quantitative estimate of drug-likeness (QED) is 0.864. The molecule has 1 aromatic carbocycles. The van der Waals surface area contributed by atoms with E-state index in [0.717, 1.165) is 12.1 Å². The summed E-state index contributed by atoms with van der Waals surface area (Å²) in [6.07, 6.45) is 0.429. The number of anilines is 1. The van der Waals surface area contributed by atoms with E-state index in [1.54, 1.807) is 0 Å². The summed E-state index contributed by atoms with van der Waals surface area (Å²) in [7, 11) is 1.89. The number of alkyl carbamates (subject to hydrolysis) is 1. The molecule has 0 aliphatic rings. The summed E-state index contributed by atoms with van der Waals surface area (Å²) in [6.45, 7) is 6.13. The SMILES string of the molecule is CNc1ccc(CCNC(=O)OC(C)(C)C)cc1. The Hall–Kier alpha value is -1.71. The van der Waals surface area contributed by atoms with Gasteiger partial charge in [0.2, 0.25) is 0 Å². The van der Waals surface area contributed by atoms with Crippen LogP contribution in [0.4, 0.5) is 10.5 Å². The summed E-state index contributed by atoms with van der Waals surface area (Å²) in [5.74, 6) is 0. The number of carbonyl (C=O) groups is 1. The van der Waals surface area contributed by atoms with E-state index < -0.39 is 5.60 Å². The lowest BCUT2D eigenvalue weighted by atomic mass is 10.1. The van der Waals surface area contributed by atoms with Crippen LogP contribution in [0.5, 0.6) is 0 Å². The predicted octanol–water partition coefficient (Wildman–Crippen LogP) is 2.80. The van der Waals surface area contributed by atoms with Crippen molar-refractivity contribution in [3.05, 3.63) is 29.8 Å². The minimum atomic E-state index is -0.446. The van der Waals surface area contributed by atoms with Gasteiger partial charge in [-0.05, 0) is 44.9 Å². The highest BCUT2D eigenvalue weighted by molar-refractivity contribution is 5.67. The van der Waals surface area contributed by atoms with Crippen LogP contribution in [0.25, 0.3) is 0 Å². The molecule has 0 atom stereocenters. The standard InChI is InChI=1S/C14H22N2O2/c1-14(2,3)18-13(17)16-10-9-11-5-7-12(15-4)8-6-11/h5-8,15H,9-10H2,1-4H3,(H,16,17). The zero-order valence-electron chi connectivity index (χ0n) is 11.5. The maximum absolute atomic E-state index is 11.4. The molecule has 0 aromatic heterocycles. The number of hydrogen-bond acceptors (Lipinski definition) is 3. The van der Waals surface area contributed by atoms with Crippen molar-refractivity contribution in [2.24, 2.45) is 0 Å². The number of nitrogens with one attached hydrogen (secondary N) is 2. The average Bonchev–Trinajstić information content (AvgIpc) is 2.27. The summed E-state index contributed by atoms with van der Waals surface area (Å²) < 4.78 is 5.15. The van der Waals surface area contributed by atoms with Gasteiger partial charge < -0.3 is 15.4 Å². The second kappa shape index (κ2) is 6.28. The smallest absolute Gasteiger partial charge is 0.407 e. The lowest BCUT2D eigenvalue weighted by molar-refractivity contribution is 0.0528. The van der Waals surface area contributed by atoms with Gasteiger partial charge in [-0.15, -0.1) is 0 Å². The second-order valence-electron chi connectivity index (χ2n) is 5.13. The number of amides is 1. The molecule has 1 aromatic rings. The number of benzene rings is 1. The molecule has 4 heteroatoms. The molecule has 0 aliphatic heterocycles. The highest BCUT2D eigenvalue weighted by atomic mass is 16.6. The van der Waals surface area contributed by atoms with Gasteiger partial charge in [-0.25, -0.2) is 4.79 Å². The zero-order valence-corrected chi connectivity index (χ0v) is 11.5. The maximum atomic E-state index is 11.4. The largest absolute Gasteiger partial charge is 0.444 e. The van der Waals surface area contributed by atoms with E-state index in [2.05, 4.69) is 10.6 Å². The van der Waals surface area contributed by atoms with Crippen molar-refractivity contribution in [3.8, 4) is 0 Å². The fourth-order valence-corrected chi connectivity index (χ4v) is 1.46. The summed E-state index contributed by atoms with van der Waals surface area (Å²) in [5, 5.41) is 5.80. The zero-order chi connectivity index (χ0) is 13.6. The van der Waals surface area contributed by atoms with Crippen LogP contribution in [0.1, 0.15) is 26.3 Å². The van der Waals surface area contributed by atoms with Crippen LogP contribution in [-0.2, 0) is 11.2 Å². The highest BCUT2D eigenvalue weighted by Gasteiger charge is 2.15. The molecule has 0 saturated heterocycles. The first-order chi connectivity index (χ1) is 8.40. The molecule has 100 valence electrons. The molecule has 0 spiro atoms. The molecule has 0 radical (unpaired) electrons. The van der Waals surface area contributed by atoms with Crippen molar-refractivity contribution >= 4 is 11.8 Å². The van der Waals surface area contributed by atoms with Crippen LogP contribution >= 0.6 is 0 Å². The summed E-state index contributed by atoms with van der Waals surface area (Å²) >= 11 is 0. The van der Waals surface area contributed by atoms with Gasteiger partial charge in [0.25, 0.3) is 0 Å². The first-order valence-corrected chi connectivity index (χ1v) is 6.14. The first kappa shape index (κ1) is 14.4. The molecular weight excluding hydrogens is 228 g/mol. The third kappa shape index (κ3) is 5.57. The second-order valence-corrected chi connectivity index (χ2v) is 5.13. The van der Waals surface area contributed by atoms with Crippen molar-refractivity contribution in [3.63, 3.8) is 0 Å². The Bertz CT molecular complexity index is 380. The number of hydrogen-bond donors (Lipinski definition) is 2. The maximum Gasteiger partial charge on any atom is 0.407 e. The predicted molar refractivity (Wildman–Crippen MR) is 73.9 cm³/mol. The van der Waals surface area contributed by atoms with Crippen molar-refractivity contribution in [1.82, 2.24) is 5.32 Å². The third-order valence-electron chi connectivity index (χ3n) is 2.32. The lowest BCUT2D eigenvalue weighted by Crippen LogP contribution is -2.33. The minimum absolute atomic E-state index is 0.366. The Morgan fingerprint density at radius 1 is 1.22 bits per heavy atom. The average molecular weight is 250 g/mol. The Kier molecular flexibility index (Phi) is 5.01. The van der Waals surface area contributed by atoms with Gasteiger partial charge in [0, 0.05) is 19.3 Å². The number of carbonyl (C=O) groups excluding carboxylic acids is 1. The fourth-order valence-electron chi connectivity index (χ4n) is 1.46. The number of rotatable bonds is 4. The molecular formula is C14H22N2O2. The third-order valence-corrected chi connectivity index (χ3v) is 2.32. The molecule has 0 bridgehead atoms. The summed E-state index contributed by atoms with van der Waals surface area (Å²) in [6, 6.07) is 8.12. The van der Waals surface area contributed by atoms with Gasteiger partial charge >= 0.3 is 6.09 Å². The molecule has 1 amide bonds. The van der Waals surface area contributed by atoms with E-state index in [0.29, 0.717) is 6.54 Å². The molecule has 1 rings (SSSR count). The molecule has 0 heterocycles. The van der Waals surface area contributed by atoms with E-state index in [-0.39, 0.29) is 6.09 Å². The van der Waals surface area contributed by atoms with Crippen LogP contribution in [0, 0.1) is 0 Å². The minimum Gasteiger partial charge on any atom is -0.444 e. The van der Waals surface area contributed by atoms with Crippen LogP contribution in [0.3, 0.4) is 0 Å². The molecule has 0 aliphatic carbocycles. The van der Waals surface area contributed by atoms with E-state index in [4.69, 9.17) is 4.74 Å². The molecule has 0 unspecified atom stereocenters. The van der Waals surface area contributed by atoms with Crippen LogP contribution in [0.15, 0.2) is 24.3 Å². The van der Waals surface area contributed by atoms with E-state index in [1.165, 1.54) is 5.56 Å².